The van der Waals surface area contributed by atoms with Crippen molar-refractivity contribution in [3.8, 4) is 5.75 Å². The summed E-state index contributed by atoms with van der Waals surface area (Å²) in [4.78, 5) is -0.00403. The molecule has 1 aromatic rings. The van der Waals surface area contributed by atoms with Gasteiger partial charge in [-0.3, -0.25) is 0 Å². The first-order valence-electron chi connectivity index (χ1n) is 4.46. The van der Waals surface area contributed by atoms with Gasteiger partial charge in [0, 0.05) is 0 Å². The van der Waals surface area contributed by atoms with Crippen molar-refractivity contribution in [1.82, 2.24) is 0 Å². The molecule has 0 heterocycles. The van der Waals surface area contributed by atoms with Crippen molar-refractivity contribution in [2.24, 2.45) is 5.14 Å². The van der Waals surface area contributed by atoms with Crippen molar-refractivity contribution in [2.45, 2.75) is 23.8 Å². The van der Waals surface area contributed by atoms with Gasteiger partial charge in [-0.25, -0.2) is 13.6 Å². The normalized spacial score (nSPS) is 16.4. The second-order valence-corrected chi connectivity index (χ2v) is 5.42. The van der Waals surface area contributed by atoms with Gasteiger partial charge in [-0.15, -0.1) is 0 Å². The molecule has 1 aliphatic carbocycles. The summed E-state index contributed by atoms with van der Waals surface area (Å²) in [6, 6.07) is 4.22. The highest BCUT2D eigenvalue weighted by atomic mass is 35.5. The first kappa shape index (κ1) is 10.7. The average Bonchev–Trinajstić information content (AvgIpc) is 2.90. The van der Waals surface area contributed by atoms with Crippen LogP contribution >= 0.6 is 11.6 Å². The summed E-state index contributed by atoms with van der Waals surface area (Å²) in [7, 11) is -3.69. The molecule has 1 fully saturated rings. The third kappa shape index (κ3) is 2.62. The average molecular weight is 248 g/mol. The molecule has 0 amide bonds. The SMILES string of the molecule is NS(=O)(=O)c1ccc(OC2CC2)c(Cl)c1. The summed E-state index contributed by atoms with van der Waals surface area (Å²) >= 11 is 5.86. The first-order chi connectivity index (χ1) is 6.97. The topological polar surface area (TPSA) is 69.4 Å². The molecule has 0 aliphatic heterocycles. The molecular weight excluding hydrogens is 238 g/mol. The van der Waals surface area contributed by atoms with Crippen LogP contribution in [0.25, 0.3) is 0 Å². The first-order valence-corrected chi connectivity index (χ1v) is 6.38. The van der Waals surface area contributed by atoms with Crippen molar-refractivity contribution in [3.05, 3.63) is 23.2 Å². The van der Waals surface area contributed by atoms with Crippen LogP contribution in [0.2, 0.25) is 5.02 Å². The molecule has 0 radical (unpaired) electrons. The quantitative estimate of drug-likeness (QED) is 0.881. The number of sulfonamides is 1. The zero-order valence-corrected chi connectivity index (χ0v) is 9.38. The highest BCUT2D eigenvalue weighted by Crippen LogP contribution is 2.32. The fraction of sp³-hybridized carbons (Fsp3) is 0.333. The molecule has 4 nitrogen and oxygen atoms in total. The Morgan fingerprint density at radius 3 is 2.53 bits per heavy atom. The smallest absolute Gasteiger partial charge is 0.238 e. The van der Waals surface area contributed by atoms with Crippen LogP contribution in [-0.2, 0) is 10.0 Å². The Hall–Kier alpha value is -0.780. The molecule has 2 rings (SSSR count). The molecule has 0 aromatic heterocycles. The van der Waals surface area contributed by atoms with Gasteiger partial charge in [-0.1, -0.05) is 11.6 Å². The summed E-state index contributed by atoms with van der Waals surface area (Å²) in [6.45, 7) is 0. The number of halogens is 1. The maximum Gasteiger partial charge on any atom is 0.238 e. The maximum atomic E-state index is 11.0. The number of nitrogens with two attached hydrogens (primary N) is 1. The van der Waals surface area contributed by atoms with Crippen molar-refractivity contribution in [2.75, 3.05) is 0 Å². The van der Waals surface area contributed by atoms with E-state index >= 15 is 0 Å². The van der Waals surface area contributed by atoms with Crippen molar-refractivity contribution in [1.29, 1.82) is 0 Å². The fourth-order valence-corrected chi connectivity index (χ4v) is 1.95. The minimum Gasteiger partial charge on any atom is -0.489 e. The van der Waals surface area contributed by atoms with Gasteiger partial charge < -0.3 is 4.74 Å². The third-order valence-corrected chi connectivity index (χ3v) is 3.26. The lowest BCUT2D eigenvalue weighted by Crippen LogP contribution is -2.12. The highest BCUT2D eigenvalue weighted by molar-refractivity contribution is 7.89. The lowest BCUT2D eigenvalue weighted by Gasteiger charge is -2.07. The van der Waals surface area contributed by atoms with Gasteiger partial charge in [0.2, 0.25) is 10.0 Å². The van der Waals surface area contributed by atoms with E-state index in [2.05, 4.69) is 0 Å². The molecule has 0 bridgehead atoms. The number of rotatable bonds is 3. The summed E-state index contributed by atoms with van der Waals surface area (Å²) in [6.07, 6.45) is 2.27. The Morgan fingerprint density at radius 2 is 2.07 bits per heavy atom. The van der Waals surface area contributed by atoms with E-state index in [1.807, 2.05) is 0 Å². The van der Waals surface area contributed by atoms with Gasteiger partial charge in [0.1, 0.15) is 5.75 Å². The second kappa shape index (κ2) is 3.66. The monoisotopic (exact) mass is 247 g/mol. The van der Waals surface area contributed by atoms with E-state index in [0.717, 1.165) is 12.8 Å². The van der Waals surface area contributed by atoms with Gasteiger partial charge in [-0.05, 0) is 31.0 Å². The predicted octanol–water partition coefficient (Wildman–Crippen LogP) is 1.53. The second-order valence-electron chi connectivity index (χ2n) is 3.45. The summed E-state index contributed by atoms with van der Waals surface area (Å²) in [5, 5.41) is 5.23. The summed E-state index contributed by atoms with van der Waals surface area (Å²) < 4.78 is 27.5. The van der Waals surface area contributed by atoms with E-state index in [1.54, 1.807) is 0 Å². The lowest BCUT2D eigenvalue weighted by molar-refractivity contribution is 0.303. The van der Waals surface area contributed by atoms with Crippen LogP contribution in [0.3, 0.4) is 0 Å². The number of hydrogen-bond donors (Lipinski definition) is 1. The molecule has 0 spiro atoms. The van der Waals surface area contributed by atoms with E-state index in [1.165, 1.54) is 18.2 Å². The van der Waals surface area contributed by atoms with Crippen LogP contribution in [0.15, 0.2) is 23.1 Å². The Morgan fingerprint density at radius 1 is 1.40 bits per heavy atom. The predicted molar refractivity (Wildman–Crippen MR) is 56.5 cm³/mol. The molecule has 1 aromatic carbocycles. The van der Waals surface area contributed by atoms with Crippen LogP contribution < -0.4 is 9.88 Å². The highest BCUT2D eigenvalue weighted by Gasteiger charge is 2.24. The van der Waals surface area contributed by atoms with Crippen molar-refractivity contribution in [3.63, 3.8) is 0 Å². The summed E-state index contributed by atoms with van der Waals surface area (Å²) in [5.41, 5.74) is 0. The van der Waals surface area contributed by atoms with Crippen LogP contribution in [0.5, 0.6) is 5.75 Å². The molecular formula is C9H10ClNO3S. The third-order valence-electron chi connectivity index (χ3n) is 2.05. The van der Waals surface area contributed by atoms with Crippen LogP contribution in [0, 0.1) is 0 Å². The maximum absolute atomic E-state index is 11.0. The molecule has 15 heavy (non-hydrogen) atoms. The van der Waals surface area contributed by atoms with Gasteiger partial charge in [0.25, 0.3) is 0 Å². The Balaban J connectivity index is 2.29. The molecule has 2 N–H and O–H groups in total. The van der Waals surface area contributed by atoms with Gasteiger partial charge in [0.05, 0.1) is 16.0 Å². The molecule has 82 valence electrons. The van der Waals surface area contributed by atoms with Crippen LogP contribution in [0.4, 0.5) is 0 Å². The van der Waals surface area contributed by atoms with Crippen molar-refractivity contribution >= 4 is 21.6 Å². The van der Waals surface area contributed by atoms with Gasteiger partial charge >= 0.3 is 0 Å². The minimum absolute atomic E-state index is 0.00403. The van der Waals surface area contributed by atoms with E-state index in [-0.39, 0.29) is 16.0 Å². The molecule has 1 saturated carbocycles. The Bertz CT molecular complexity index is 482. The van der Waals surface area contributed by atoms with E-state index in [4.69, 9.17) is 21.5 Å². The standard InChI is InChI=1S/C9H10ClNO3S/c10-8-5-7(15(11,12)13)3-4-9(8)14-6-1-2-6/h3-6H,1-2H2,(H2,11,12,13). The Kier molecular flexibility index (Phi) is 2.62. The minimum atomic E-state index is -3.69. The molecule has 0 unspecified atom stereocenters. The van der Waals surface area contributed by atoms with Gasteiger partial charge in [-0.2, -0.15) is 0 Å². The van der Waals surface area contributed by atoms with Gasteiger partial charge in [0.15, 0.2) is 0 Å². The lowest BCUT2D eigenvalue weighted by atomic mass is 10.3. The van der Waals surface area contributed by atoms with Crippen molar-refractivity contribution < 1.29 is 13.2 Å². The summed E-state index contributed by atoms with van der Waals surface area (Å²) in [5.74, 6) is 0.506. The fourth-order valence-electron chi connectivity index (χ4n) is 1.12. The number of benzene rings is 1. The number of primary sulfonamides is 1. The number of hydrogen-bond acceptors (Lipinski definition) is 3. The van der Waals surface area contributed by atoms with Crippen LogP contribution in [0.1, 0.15) is 12.8 Å². The zero-order valence-electron chi connectivity index (χ0n) is 7.81. The Labute approximate surface area is 93.0 Å². The largest absolute Gasteiger partial charge is 0.489 e. The molecule has 1 aliphatic rings. The molecule has 0 saturated heterocycles. The van der Waals surface area contributed by atoms with E-state index < -0.39 is 10.0 Å². The number of ether oxygens (including phenoxy) is 1. The molecule has 0 atom stereocenters. The molecule has 6 heteroatoms. The zero-order chi connectivity index (χ0) is 11.1. The van der Waals surface area contributed by atoms with E-state index in [0.29, 0.717) is 5.75 Å². The van der Waals surface area contributed by atoms with E-state index in [9.17, 15) is 8.42 Å². The van der Waals surface area contributed by atoms with Crippen LogP contribution in [-0.4, -0.2) is 14.5 Å².